The average Bonchev–Trinajstić information content (AvgIpc) is 3.22. The van der Waals surface area contributed by atoms with Gasteiger partial charge >= 0.3 is 0 Å². The average molecular weight is 445 g/mol. The Bertz CT molecular complexity index is 1110. The molecule has 0 saturated heterocycles. The highest BCUT2D eigenvalue weighted by molar-refractivity contribution is 7.92. The van der Waals surface area contributed by atoms with Gasteiger partial charge in [0.1, 0.15) is 11.8 Å². The maximum atomic E-state index is 12.7. The summed E-state index contributed by atoms with van der Waals surface area (Å²) in [4.78, 5) is 16.9. The second kappa shape index (κ2) is 9.61. The normalized spacial score (nSPS) is 12.2. The van der Waals surface area contributed by atoms with Crippen LogP contribution in [0.25, 0.3) is 11.4 Å². The highest BCUT2D eigenvalue weighted by Crippen LogP contribution is 2.24. The predicted octanol–water partition coefficient (Wildman–Crippen LogP) is 2.61. The molecule has 0 aliphatic rings. The van der Waals surface area contributed by atoms with Crippen LogP contribution >= 0.6 is 0 Å². The van der Waals surface area contributed by atoms with Gasteiger partial charge in [0.15, 0.2) is 0 Å². The molecule has 9 nitrogen and oxygen atoms in total. The van der Waals surface area contributed by atoms with Crippen LogP contribution in [0.15, 0.2) is 59.1 Å². The van der Waals surface area contributed by atoms with Crippen LogP contribution < -0.4 is 14.4 Å². The van der Waals surface area contributed by atoms with E-state index in [1.807, 2.05) is 37.3 Å². The Balaban J connectivity index is 1.70. The zero-order valence-electron chi connectivity index (χ0n) is 17.5. The zero-order valence-corrected chi connectivity index (χ0v) is 18.3. The van der Waals surface area contributed by atoms with Crippen molar-refractivity contribution < 1.29 is 22.5 Å². The van der Waals surface area contributed by atoms with Crippen LogP contribution in [0.4, 0.5) is 5.69 Å². The quantitative estimate of drug-likeness (QED) is 0.539. The van der Waals surface area contributed by atoms with E-state index >= 15 is 0 Å². The number of carbonyl (C=O) groups is 1. The molecule has 2 aromatic carbocycles. The number of benzene rings is 2. The molecule has 1 aromatic heterocycles. The van der Waals surface area contributed by atoms with Crippen molar-refractivity contribution >= 4 is 21.6 Å². The topological polar surface area (TPSA) is 115 Å². The standard InChI is InChI=1S/C21H24N4O5S/c1-4-29-18-12-10-17(11-13-18)25(31(3,27)28)15(2)21(26)22-14-19-23-20(24-30-19)16-8-6-5-7-9-16/h5-13,15H,4,14H2,1-3H3,(H,22,26)/t15-/m0/s1. The number of hydrogen-bond acceptors (Lipinski definition) is 7. The fourth-order valence-corrected chi connectivity index (χ4v) is 4.18. The summed E-state index contributed by atoms with van der Waals surface area (Å²) < 4.78 is 36.4. The van der Waals surface area contributed by atoms with Crippen molar-refractivity contribution in [3.05, 3.63) is 60.5 Å². The van der Waals surface area contributed by atoms with Gasteiger partial charge in [0.05, 0.1) is 25.1 Å². The minimum absolute atomic E-state index is 0.0239. The zero-order chi connectivity index (χ0) is 22.4. The van der Waals surface area contributed by atoms with Crippen LogP contribution in [-0.2, 0) is 21.4 Å². The predicted molar refractivity (Wildman–Crippen MR) is 116 cm³/mol. The van der Waals surface area contributed by atoms with Crippen molar-refractivity contribution in [2.45, 2.75) is 26.4 Å². The summed E-state index contributed by atoms with van der Waals surface area (Å²) in [6.45, 7) is 3.84. The SMILES string of the molecule is CCOc1ccc(N([C@@H](C)C(=O)NCc2nc(-c3ccccc3)no2)S(C)(=O)=O)cc1. The highest BCUT2D eigenvalue weighted by Gasteiger charge is 2.29. The first-order valence-electron chi connectivity index (χ1n) is 9.67. The molecule has 3 rings (SSSR count). The van der Waals surface area contributed by atoms with Gasteiger partial charge in [0, 0.05) is 5.56 Å². The lowest BCUT2D eigenvalue weighted by Crippen LogP contribution is -2.47. The van der Waals surface area contributed by atoms with Crippen LogP contribution in [0.2, 0.25) is 0 Å². The first-order chi connectivity index (χ1) is 14.8. The smallest absolute Gasteiger partial charge is 0.246 e. The first kappa shape index (κ1) is 22.3. The van der Waals surface area contributed by atoms with Gasteiger partial charge in [0.25, 0.3) is 0 Å². The van der Waals surface area contributed by atoms with Gasteiger partial charge in [-0.3, -0.25) is 9.10 Å². The monoisotopic (exact) mass is 444 g/mol. The van der Waals surface area contributed by atoms with Crippen molar-refractivity contribution in [3.63, 3.8) is 0 Å². The molecule has 0 saturated carbocycles. The number of aromatic nitrogens is 2. The molecule has 164 valence electrons. The van der Waals surface area contributed by atoms with E-state index in [0.717, 1.165) is 16.1 Å². The number of amides is 1. The van der Waals surface area contributed by atoms with Gasteiger partial charge in [-0.1, -0.05) is 35.5 Å². The molecule has 1 amide bonds. The van der Waals surface area contributed by atoms with Gasteiger partial charge in [-0.25, -0.2) is 8.42 Å². The lowest BCUT2D eigenvalue weighted by atomic mass is 10.2. The van der Waals surface area contributed by atoms with Crippen LogP contribution in [0.5, 0.6) is 5.75 Å². The van der Waals surface area contributed by atoms with Crippen LogP contribution in [0.3, 0.4) is 0 Å². The van der Waals surface area contributed by atoms with Crippen LogP contribution in [-0.4, -0.2) is 43.4 Å². The summed E-state index contributed by atoms with van der Waals surface area (Å²) in [6, 6.07) is 14.8. The van der Waals surface area contributed by atoms with E-state index in [-0.39, 0.29) is 12.4 Å². The van der Waals surface area contributed by atoms with E-state index in [2.05, 4.69) is 15.5 Å². The number of ether oxygens (including phenoxy) is 1. The number of sulfonamides is 1. The molecule has 10 heteroatoms. The van der Waals surface area contributed by atoms with Crippen LogP contribution in [0, 0.1) is 0 Å². The fraction of sp³-hybridized carbons (Fsp3) is 0.286. The Hall–Kier alpha value is -3.40. The fourth-order valence-electron chi connectivity index (χ4n) is 3.01. The van der Waals surface area contributed by atoms with Crippen molar-refractivity contribution in [2.24, 2.45) is 0 Å². The second-order valence-electron chi connectivity index (χ2n) is 6.76. The molecule has 0 spiro atoms. The van der Waals surface area contributed by atoms with Crippen molar-refractivity contribution in [1.82, 2.24) is 15.5 Å². The van der Waals surface area contributed by atoms with Crippen molar-refractivity contribution in [1.29, 1.82) is 0 Å². The molecule has 1 heterocycles. The van der Waals surface area contributed by atoms with Gasteiger partial charge in [0.2, 0.25) is 27.6 Å². The Morgan fingerprint density at radius 1 is 1.16 bits per heavy atom. The molecule has 0 fully saturated rings. The van der Waals surface area contributed by atoms with Gasteiger partial charge < -0.3 is 14.6 Å². The molecule has 0 aliphatic heterocycles. The third-order valence-electron chi connectivity index (χ3n) is 4.40. The maximum Gasteiger partial charge on any atom is 0.246 e. The third kappa shape index (κ3) is 5.60. The summed E-state index contributed by atoms with van der Waals surface area (Å²) in [5, 5.41) is 6.55. The van der Waals surface area contributed by atoms with Gasteiger partial charge in [-0.15, -0.1) is 0 Å². The van der Waals surface area contributed by atoms with E-state index in [1.54, 1.807) is 24.3 Å². The number of hydrogen-bond donors (Lipinski definition) is 1. The number of rotatable bonds is 9. The minimum Gasteiger partial charge on any atom is -0.494 e. The van der Waals surface area contributed by atoms with E-state index in [9.17, 15) is 13.2 Å². The van der Waals surface area contributed by atoms with E-state index in [0.29, 0.717) is 23.9 Å². The summed E-state index contributed by atoms with van der Waals surface area (Å²) in [5.41, 5.74) is 1.15. The number of nitrogens with one attached hydrogen (secondary N) is 1. The second-order valence-corrected chi connectivity index (χ2v) is 8.62. The molecular formula is C21H24N4O5S. The molecule has 0 bridgehead atoms. The lowest BCUT2D eigenvalue weighted by molar-refractivity contribution is -0.122. The molecule has 1 N–H and O–H groups in total. The molecular weight excluding hydrogens is 420 g/mol. The van der Waals surface area contributed by atoms with Gasteiger partial charge in [-0.05, 0) is 38.1 Å². The van der Waals surface area contributed by atoms with E-state index in [1.165, 1.54) is 6.92 Å². The highest BCUT2D eigenvalue weighted by atomic mass is 32.2. The molecule has 31 heavy (non-hydrogen) atoms. The van der Waals surface area contributed by atoms with E-state index < -0.39 is 22.0 Å². The number of nitrogens with zero attached hydrogens (tertiary/aromatic N) is 3. The number of carbonyl (C=O) groups excluding carboxylic acids is 1. The first-order valence-corrected chi connectivity index (χ1v) is 11.5. The number of anilines is 1. The Labute approximate surface area is 181 Å². The maximum absolute atomic E-state index is 12.7. The molecule has 1 atom stereocenters. The molecule has 0 aliphatic carbocycles. The largest absolute Gasteiger partial charge is 0.494 e. The van der Waals surface area contributed by atoms with Crippen molar-refractivity contribution in [2.75, 3.05) is 17.2 Å². The summed E-state index contributed by atoms with van der Waals surface area (Å²) in [7, 11) is -3.72. The molecule has 0 radical (unpaired) electrons. The Kier molecular flexibility index (Phi) is 6.91. The summed E-state index contributed by atoms with van der Waals surface area (Å²) >= 11 is 0. The van der Waals surface area contributed by atoms with Crippen molar-refractivity contribution in [3.8, 4) is 17.1 Å². The van der Waals surface area contributed by atoms with Gasteiger partial charge in [-0.2, -0.15) is 4.98 Å². The summed E-state index contributed by atoms with van der Waals surface area (Å²) in [6.07, 6.45) is 1.05. The lowest BCUT2D eigenvalue weighted by Gasteiger charge is -2.28. The van der Waals surface area contributed by atoms with E-state index in [4.69, 9.17) is 9.26 Å². The Morgan fingerprint density at radius 3 is 2.45 bits per heavy atom. The summed E-state index contributed by atoms with van der Waals surface area (Å²) in [5.74, 6) is 0.734. The van der Waals surface area contributed by atoms with Crippen LogP contribution in [0.1, 0.15) is 19.7 Å². The molecule has 3 aromatic rings. The minimum atomic E-state index is -3.72. The third-order valence-corrected chi connectivity index (χ3v) is 5.65. The molecule has 0 unspecified atom stereocenters. The Morgan fingerprint density at radius 2 is 1.84 bits per heavy atom.